The van der Waals surface area contributed by atoms with Crippen LogP contribution in [0.25, 0.3) is 0 Å². The first-order valence-corrected chi connectivity index (χ1v) is 7.18. The highest BCUT2D eigenvalue weighted by molar-refractivity contribution is 7.80. The number of anilines is 1. The number of rotatable bonds is 2. The number of hydrogen-bond donors (Lipinski definition) is 1. The van der Waals surface area contributed by atoms with Gasteiger partial charge in [-0.1, -0.05) is 30.4 Å². The van der Waals surface area contributed by atoms with Crippen LogP contribution in [0, 0.1) is 6.92 Å². The molecule has 2 aromatic carbocycles. The van der Waals surface area contributed by atoms with Gasteiger partial charge in [0, 0.05) is 16.8 Å². The molecule has 0 fully saturated rings. The molecule has 0 saturated carbocycles. The van der Waals surface area contributed by atoms with Gasteiger partial charge in [-0.05, 0) is 36.8 Å². The lowest BCUT2D eigenvalue weighted by molar-refractivity contribution is 0.414. The predicted molar refractivity (Wildman–Crippen MR) is 90.9 cm³/mol. The molecule has 2 aromatic rings. The summed E-state index contributed by atoms with van der Waals surface area (Å²) in [6, 6.07) is 14.2. The first-order valence-electron chi connectivity index (χ1n) is 6.78. The molecule has 0 saturated heterocycles. The third kappa shape index (κ3) is 2.67. The van der Waals surface area contributed by atoms with Gasteiger partial charge in [0.15, 0.2) is 0 Å². The van der Waals surface area contributed by atoms with Crippen molar-refractivity contribution < 1.29 is 4.74 Å². The van der Waals surface area contributed by atoms with Crippen LogP contribution >= 0.6 is 12.2 Å². The Bertz CT molecular complexity index is 737. The molecule has 1 heterocycles. The second kappa shape index (κ2) is 5.66. The largest absolute Gasteiger partial charge is 0.497 e. The molecule has 106 valence electrons. The summed E-state index contributed by atoms with van der Waals surface area (Å²) in [5.74, 6) is 0.854. The van der Waals surface area contributed by atoms with Gasteiger partial charge in [0.05, 0.1) is 19.4 Å². The third-order valence-corrected chi connectivity index (χ3v) is 3.76. The fraction of sp³-hybridized carbons (Fsp3) is 0.176. The predicted octanol–water partition coefficient (Wildman–Crippen LogP) is 3.59. The lowest BCUT2D eigenvalue weighted by Crippen LogP contribution is -2.10. The monoisotopic (exact) mass is 296 g/mol. The highest BCUT2D eigenvalue weighted by atomic mass is 32.1. The van der Waals surface area contributed by atoms with Crippen molar-refractivity contribution in [1.82, 2.24) is 0 Å². The minimum absolute atomic E-state index is 0.505. The van der Waals surface area contributed by atoms with Crippen LogP contribution in [0.15, 0.2) is 47.5 Å². The summed E-state index contributed by atoms with van der Waals surface area (Å²) in [5.41, 5.74) is 5.29. The van der Waals surface area contributed by atoms with Gasteiger partial charge in [0.25, 0.3) is 0 Å². The van der Waals surface area contributed by atoms with Crippen LogP contribution in [0.3, 0.4) is 0 Å². The van der Waals surface area contributed by atoms with Crippen LogP contribution in [0.5, 0.6) is 5.75 Å². The summed E-state index contributed by atoms with van der Waals surface area (Å²) in [4.78, 5) is 5.44. The van der Waals surface area contributed by atoms with E-state index in [2.05, 4.69) is 24.4 Å². The van der Waals surface area contributed by atoms with E-state index in [-0.39, 0.29) is 0 Å². The minimum Gasteiger partial charge on any atom is -0.497 e. The SMILES string of the molecule is COc1ccc(C2=NCC(=S)Nc3ccccc32)c(C)c1. The molecule has 1 aliphatic heterocycles. The smallest absolute Gasteiger partial charge is 0.119 e. The number of fused-ring (bicyclic) bond motifs is 1. The summed E-state index contributed by atoms with van der Waals surface area (Å²) in [6.07, 6.45) is 0. The highest BCUT2D eigenvalue weighted by Crippen LogP contribution is 2.26. The van der Waals surface area contributed by atoms with Gasteiger partial charge in [-0.2, -0.15) is 0 Å². The normalized spacial score (nSPS) is 13.8. The number of para-hydroxylation sites is 1. The van der Waals surface area contributed by atoms with Crippen molar-refractivity contribution in [2.24, 2.45) is 4.99 Å². The number of nitrogens with one attached hydrogen (secondary N) is 1. The molecule has 0 bridgehead atoms. The summed E-state index contributed by atoms with van der Waals surface area (Å²) in [6.45, 7) is 2.57. The van der Waals surface area contributed by atoms with Crippen molar-refractivity contribution in [3.8, 4) is 5.75 Å². The van der Waals surface area contributed by atoms with E-state index in [1.54, 1.807) is 7.11 Å². The molecule has 4 heteroatoms. The number of methoxy groups -OCH3 is 1. The Kier molecular flexibility index (Phi) is 3.71. The fourth-order valence-corrected chi connectivity index (χ4v) is 2.66. The number of thiocarbonyl (C=S) groups is 1. The number of ether oxygens (including phenoxy) is 1. The molecule has 0 atom stereocenters. The molecule has 3 rings (SSSR count). The van der Waals surface area contributed by atoms with Crippen molar-refractivity contribution in [2.45, 2.75) is 6.92 Å². The van der Waals surface area contributed by atoms with E-state index in [0.29, 0.717) is 6.54 Å². The van der Waals surface area contributed by atoms with Gasteiger partial charge in [0.1, 0.15) is 10.7 Å². The Balaban J connectivity index is 2.15. The van der Waals surface area contributed by atoms with Gasteiger partial charge < -0.3 is 10.1 Å². The first-order chi connectivity index (χ1) is 10.2. The Morgan fingerprint density at radius 3 is 2.71 bits per heavy atom. The fourth-order valence-electron chi connectivity index (χ4n) is 2.48. The average molecular weight is 296 g/mol. The Morgan fingerprint density at radius 2 is 1.95 bits per heavy atom. The topological polar surface area (TPSA) is 33.6 Å². The molecule has 3 nitrogen and oxygen atoms in total. The number of nitrogens with zero attached hydrogens (tertiary/aromatic N) is 1. The summed E-state index contributed by atoms with van der Waals surface area (Å²) in [5, 5.41) is 3.26. The van der Waals surface area contributed by atoms with Gasteiger partial charge in [-0.15, -0.1) is 0 Å². The standard InChI is InChI=1S/C17H16N2OS/c1-11-9-12(20-2)7-8-13(11)17-14-5-3-4-6-15(14)19-16(21)10-18-17/h3-9H,10H2,1-2H3,(H,19,21). The van der Waals surface area contributed by atoms with Crippen molar-refractivity contribution in [1.29, 1.82) is 0 Å². The number of benzene rings is 2. The van der Waals surface area contributed by atoms with Gasteiger partial charge in [-0.3, -0.25) is 4.99 Å². The Morgan fingerprint density at radius 1 is 1.14 bits per heavy atom. The lowest BCUT2D eigenvalue weighted by Gasteiger charge is -2.13. The zero-order chi connectivity index (χ0) is 14.8. The zero-order valence-electron chi connectivity index (χ0n) is 12.0. The van der Waals surface area contributed by atoms with Crippen LogP contribution in [-0.4, -0.2) is 24.4 Å². The van der Waals surface area contributed by atoms with Crippen molar-refractivity contribution in [3.63, 3.8) is 0 Å². The molecule has 0 amide bonds. The van der Waals surface area contributed by atoms with Crippen LogP contribution in [0.4, 0.5) is 5.69 Å². The lowest BCUT2D eigenvalue weighted by atomic mass is 9.97. The minimum atomic E-state index is 0.505. The number of aliphatic imine (C=N–C) groups is 1. The Labute approximate surface area is 129 Å². The van der Waals surface area contributed by atoms with Crippen LogP contribution in [0.1, 0.15) is 16.7 Å². The maximum Gasteiger partial charge on any atom is 0.119 e. The molecule has 0 aromatic heterocycles. The van der Waals surface area contributed by atoms with E-state index in [4.69, 9.17) is 21.9 Å². The molecule has 0 radical (unpaired) electrons. The van der Waals surface area contributed by atoms with Crippen LogP contribution in [-0.2, 0) is 0 Å². The van der Waals surface area contributed by atoms with Gasteiger partial charge in [-0.25, -0.2) is 0 Å². The van der Waals surface area contributed by atoms with Crippen LogP contribution < -0.4 is 10.1 Å². The van der Waals surface area contributed by atoms with E-state index in [0.717, 1.165) is 38.8 Å². The number of hydrogen-bond acceptors (Lipinski definition) is 3. The van der Waals surface area contributed by atoms with E-state index in [1.807, 2.05) is 30.3 Å². The van der Waals surface area contributed by atoms with E-state index in [9.17, 15) is 0 Å². The molecule has 1 aliphatic rings. The van der Waals surface area contributed by atoms with E-state index >= 15 is 0 Å². The first kappa shape index (κ1) is 13.8. The molecule has 0 spiro atoms. The second-order valence-corrected chi connectivity index (χ2v) is 5.43. The molecule has 1 N–H and O–H groups in total. The van der Waals surface area contributed by atoms with E-state index in [1.165, 1.54) is 0 Å². The summed E-state index contributed by atoms with van der Waals surface area (Å²) >= 11 is 5.31. The van der Waals surface area contributed by atoms with Crippen molar-refractivity contribution in [2.75, 3.05) is 19.0 Å². The van der Waals surface area contributed by atoms with Gasteiger partial charge >= 0.3 is 0 Å². The quantitative estimate of drug-likeness (QED) is 0.860. The molecular weight excluding hydrogens is 280 g/mol. The molecular formula is C17H16N2OS. The summed E-state index contributed by atoms with van der Waals surface area (Å²) in [7, 11) is 1.68. The molecule has 21 heavy (non-hydrogen) atoms. The maximum atomic E-state index is 5.31. The maximum absolute atomic E-state index is 5.31. The third-order valence-electron chi connectivity index (χ3n) is 3.53. The number of benzodiazepines with no additional fused rings is 1. The molecule has 0 unspecified atom stereocenters. The zero-order valence-corrected chi connectivity index (χ0v) is 12.8. The van der Waals surface area contributed by atoms with E-state index < -0.39 is 0 Å². The van der Waals surface area contributed by atoms with Crippen LogP contribution in [0.2, 0.25) is 0 Å². The van der Waals surface area contributed by atoms with Crippen molar-refractivity contribution in [3.05, 3.63) is 59.2 Å². The van der Waals surface area contributed by atoms with Gasteiger partial charge in [0.2, 0.25) is 0 Å². The highest BCUT2D eigenvalue weighted by Gasteiger charge is 2.17. The number of aryl methyl sites for hydroxylation is 1. The Hall–Kier alpha value is -2.20. The average Bonchev–Trinajstić information content (AvgIpc) is 2.65. The second-order valence-electron chi connectivity index (χ2n) is 4.94. The van der Waals surface area contributed by atoms with Crippen molar-refractivity contribution >= 4 is 28.6 Å². The summed E-state index contributed by atoms with van der Waals surface area (Å²) < 4.78 is 5.28. The molecule has 0 aliphatic carbocycles.